The Morgan fingerprint density at radius 1 is 1.57 bits per heavy atom. The first-order chi connectivity index (χ1) is 6.60. The highest BCUT2D eigenvalue weighted by Gasteiger charge is 2.18. The molecule has 0 aliphatic heterocycles. The Balaban J connectivity index is 3.29. The Morgan fingerprint density at radius 3 is 2.71 bits per heavy atom. The lowest BCUT2D eigenvalue weighted by atomic mass is 10.3. The Bertz CT molecular complexity index is 367. The van der Waals surface area contributed by atoms with Gasteiger partial charge in [0.05, 0.1) is 14.2 Å². The molecule has 1 aromatic heterocycles. The number of carbonyl (C=O) groups is 1. The van der Waals surface area contributed by atoms with Crippen molar-refractivity contribution in [1.29, 1.82) is 0 Å². The van der Waals surface area contributed by atoms with Gasteiger partial charge in [0, 0.05) is 6.07 Å². The molecule has 0 aromatic carbocycles. The van der Waals surface area contributed by atoms with Crippen LogP contribution in [0.3, 0.4) is 0 Å². The highest BCUT2D eigenvalue weighted by Crippen LogP contribution is 2.31. The zero-order valence-corrected chi connectivity index (χ0v) is 8.33. The van der Waals surface area contributed by atoms with Crippen LogP contribution in [-0.4, -0.2) is 30.3 Å². The van der Waals surface area contributed by atoms with Crippen LogP contribution >= 0.6 is 11.6 Å². The van der Waals surface area contributed by atoms with Gasteiger partial charge >= 0.3 is 5.97 Å². The zero-order valence-electron chi connectivity index (χ0n) is 7.57. The largest absolute Gasteiger partial charge is 0.503 e. The van der Waals surface area contributed by atoms with Crippen molar-refractivity contribution in [2.75, 3.05) is 14.2 Å². The number of hydrogen-bond donors (Lipinski definition) is 1. The number of halogens is 1. The summed E-state index contributed by atoms with van der Waals surface area (Å²) in [6.45, 7) is 0. The third kappa shape index (κ3) is 1.88. The number of methoxy groups -OCH3 is 2. The van der Waals surface area contributed by atoms with Crippen LogP contribution < -0.4 is 4.74 Å². The number of nitrogens with zero attached hydrogens (tertiary/aromatic N) is 1. The normalized spacial score (nSPS) is 9.64. The fourth-order valence-corrected chi connectivity index (χ4v) is 1.06. The summed E-state index contributed by atoms with van der Waals surface area (Å²) in [6, 6.07) is 1.29. The number of pyridine rings is 1. The van der Waals surface area contributed by atoms with E-state index in [9.17, 15) is 9.90 Å². The van der Waals surface area contributed by atoms with Gasteiger partial charge < -0.3 is 14.6 Å². The van der Waals surface area contributed by atoms with Gasteiger partial charge in [-0.25, -0.2) is 9.78 Å². The van der Waals surface area contributed by atoms with Crippen LogP contribution in [0.25, 0.3) is 0 Å². The fraction of sp³-hybridized carbons (Fsp3) is 0.250. The summed E-state index contributed by atoms with van der Waals surface area (Å²) in [5.41, 5.74) is -0.267. The minimum atomic E-state index is -0.775. The summed E-state index contributed by atoms with van der Waals surface area (Å²) < 4.78 is 9.17. The third-order valence-electron chi connectivity index (χ3n) is 1.53. The van der Waals surface area contributed by atoms with Gasteiger partial charge in [0.2, 0.25) is 0 Å². The smallest absolute Gasteiger partial charge is 0.360 e. The fourth-order valence-electron chi connectivity index (χ4n) is 0.880. The highest BCUT2D eigenvalue weighted by atomic mass is 35.5. The molecule has 0 spiro atoms. The van der Waals surface area contributed by atoms with Crippen molar-refractivity contribution in [3.63, 3.8) is 0 Å². The minimum absolute atomic E-state index is 0.0417. The molecule has 1 rings (SSSR count). The lowest BCUT2D eigenvalue weighted by Gasteiger charge is -2.06. The molecule has 0 bridgehead atoms. The quantitative estimate of drug-likeness (QED) is 0.596. The molecule has 6 heteroatoms. The second kappa shape index (κ2) is 4.15. The van der Waals surface area contributed by atoms with Crippen LogP contribution in [0.2, 0.25) is 5.15 Å². The van der Waals surface area contributed by atoms with E-state index in [2.05, 4.69) is 9.72 Å². The lowest BCUT2D eigenvalue weighted by molar-refractivity contribution is 0.0589. The first kappa shape index (κ1) is 10.6. The maximum absolute atomic E-state index is 11.1. The number of esters is 1. The van der Waals surface area contributed by atoms with E-state index in [0.29, 0.717) is 0 Å². The minimum Gasteiger partial charge on any atom is -0.503 e. The number of ether oxygens (including phenoxy) is 2. The van der Waals surface area contributed by atoms with Crippen molar-refractivity contribution in [3.05, 3.63) is 16.9 Å². The molecule has 0 saturated heterocycles. The molecule has 0 unspecified atom stereocenters. The molecule has 0 atom stereocenters. The topological polar surface area (TPSA) is 68.7 Å². The standard InChI is InChI=1S/C8H8ClNO4/c1-13-4-3-5(9)10-6(7(4)11)8(12)14-2/h3,11H,1-2H3. The van der Waals surface area contributed by atoms with Crippen molar-refractivity contribution < 1.29 is 19.4 Å². The van der Waals surface area contributed by atoms with E-state index in [1.165, 1.54) is 20.3 Å². The first-order valence-corrected chi connectivity index (χ1v) is 3.99. The molecule has 0 aliphatic carbocycles. The molecule has 5 nitrogen and oxygen atoms in total. The molecular weight excluding hydrogens is 210 g/mol. The number of rotatable bonds is 2. The SMILES string of the molecule is COC(=O)c1nc(Cl)cc(OC)c1O. The third-order valence-corrected chi connectivity index (χ3v) is 1.72. The monoisotopic (exact) mass is 217 g/mol. The van der Waals surface area contributed by atoms with E-state index in [-0.39, 0.29) is 22.3 Å². The van der Waals surface area contributed by atoms with Gasteiger partial charge in [0.1, 0.15) is 5.15 Å². The summed E-state index contributed by atoms with van der Waals surface area (Å²) in [6.07, 6.45) is 0. The van der Waals surface area contributed by atoms with Gasteiger partial charge in [-0.15, -0.1) is 0 Å². The van der Waals surface area contributed by atoms with Crippen LogP contribution in [-0.2, 0) is 4.74 Å². The van der Waals surface area contributed by atoms with Crippen LogP contribution in [0.4, 0.5) is 0 Å². The van der Waals surface area contributed by atoms with Gasteiger partial charge in [-0.05, 0) is 0 Å². The van der Waals surface area contributed by atoms with Gasteiger partial charge in [-0.3, -0.25) is 0 Å². The van der Waals surface area contributed by atoms with Crippen LogP contribution in [0.1, 0.15) is 10.5 Å². The molecule has 14 heavy (non-hydrogen) atoms. The maximum Gasteiger partial charge on any atom is 0.360 e. The Morgan fingerprint density at radius 2 is 2.21 bits per heavy atom. The van der Waals surface area contributed by atoms with Crippen molar-refractivity contribution >= 4 is 17.6 Å². The average molecular weight is 218 g/mol. The summed E-state index contributed by atoms with van der Waals surface area (Å²) >= 11 is 5.59. The molecule has 0 amide bonds. The van der Waals surface area contributed by atoms with E-state index >= 15 is 0 Å². The second-order valence-corrected chi connectivity index (χ2v) is 2.72. The van der Waals surface area contributed by atoms with Gasteiger partial charge in [0.15, 0.2) is 17.2 Å². The van der Waals surface area contributed by atoms with Gasteiger partial charge in [-0.2, -0.15) is 0 Å². The molecule has 0 radical (unpaired) electrons. The maximum atomic E-state index is 11.1. The van der Waals surface area contributed by atoms with Gasteiger partial charge in [0.25, 0.3) is 0 Å². The van der Waals surface area contributed by atoms with Crippen molar-refractivity contribution in [3.8, 4) is 11.5 Å². The number of hydrogen-bond acceptors (Lipinski definition) is 5. The zero-order chi connectivity index (χ0) is 10.7. The summed E-state index contributed by atoms with van der Waals surface area (Å²) in [5.74, 6) is -1.09. The van der Waals surface area contributed by atoms with E-state index in [4.69, 9.17) is 16.3 Å². The Kier molecular flexibility index (Phi) is 3.14. The second-order valence-electron chi connectivity index (χ2n) is 2.34. The van der Waals surface area contributed by atoms with Crippen LogP contribution in [0.15, 0.2) is 6.07 Å². The molecule has 1 aromatic rings. The average Bonchev–Trinajstić information content (AvgIpc) is 2.19. The molecular formula is C8H8ClNO4. The van der Waals surface area contributed by atoms with E-state index in [0.717, 1.165) is 0 Å². The summed E-state index contributed by atoms with van der Waals surface area (Å²) in [5, 5.41) is 9.51. The van der Waals surface area contributed by atoms with Crippen LogP contribution in [0, 0.1) is 0 Å². The number of aromatic hydroxyl groups is 1. The van der Waals surface area contributed by atoms with Crippen molar-refractivity contribution in [1.82, 2.24) is 4.98 Å². The molecule has 1 N–H and O–H groups in total. The Labute approximate surface area is 85.2 Å². The molecule has 0 saturated carbocycles. The summed E-state index contributed by atoms with van der Waals surface area (Å²) in [4.78, 5) is 14.7. The van der Waals surface area contributed by atoms with E-state index < -0.39 is 5.97 Å². The predicted octanol–water partition coefficient (Wildman–Crippen LogP) is 1.24. The molecule has 76 valence electrons. The van der Waals surface area contributed by atoms with E-state index in [1.807, 2.05) is 0 Å². The first-order valence-electron chi connectivity index (χ1n) is 3.62. The molecule has 0 fully saturated rings. The highest BCUT2D eigenvalue weighted by molar-refractivity contribution is 6.29. The predicted molar refractivity (Wildman–Crippen MR) is 48.8 cm³/mol. The van der Waals surface area contributed by atoms with Gasteiger partial charge in [-0.1, -0.05) is 11.6 Å². The molecule has 1 heterocycles. The summed E-state index contributed by atoms with van der Waals surface area (Å²) in [7, 11) is 2.52. The van der Waals surface area contributed by atoms with Crippen molar-refractivity contribution in [2.45, 2.75) is 0 Å². The van der Waals surface area contributed by atoms with Crippen LogP contribution in [0.5, 0.6) is 11.5 Å². The Hall–Kier alpha value is -1.49. The lowest BCUT2D eigenvalue weighted by Crippen LogP contribution is -2.05. The number of aromatic nitrogens is 1. The number of carbonyl (C=O) groups excluding carboxylic acids is 1. The van der Waals surface area contributed by atoms with E-state index in [1.54, 1.807) is 0 Å². The molecule has 0 aliphatic rings. The van der Waals surface area contributed by atoms with Crippen molar-refractivity contribution in [2.24, 2.45) is 0 Å².